The summed E-state index contributed by atoms with van der Waals surface area (Å²) < 4.78 is 5.02. The Morgan fingerprint density at radius 2 is 2.12 bits per heavy atom. The fourth-order valence-electron chi connectivity index (χ4n) is 1.60. The maximum atomic E-state index is 11.7. The van der Waals surface area contributed by atoms with Crippen LogP contribution in [0.4, 0.5) is 0 Å². The molecule has 94 valence electrons. The molecule has 1 aromatic rings. The van der Waals surface area contributed by atoms with Crippen molar-refractivity contribution in [2.75, 3.05) is 12.5 Å². The topological polar surface area (TPSA) is 26.3 Å². The van der Waals surface area contributed by atoms with E-state index in [2.05, 4.69) is 0 Å². The minimum atomic E-state index is -0.279. The smallest absolute Gasteiger partial charge is 0.338 e. The molecule has 0 unspecified atom stereocenters. The van der Waals surface area contributed by atoms with Crippen LogP contribution < -0.4 is 0 Å². The van der Waals surface area contributed by atoms with Gasteiger partial charge in [0.2, 0.25) is 0 Å². The lowest BCUT2D eigenvalue weighted by Crippen LogP contribution is -2.09. The molecular weight excluding hydrogens is 259 g/mol. The summed E-state index contributed by atoms with van der Waals surface area (Å²) in [6, 6.07) is 5.58. The zero-order chi connectivity index (χ0) is 12.7. The molecule has 0 atom stereocenters. The van der Waals surface area contributed by atoms with Crippen molar-refractivity contribution in [3.8, 4) is 0 Å². The number of benzene rings is 1. The zero-order valence-corrected chi connectivity index (χ0v) is 11.4. The third-order valence-electron chi connectivity index (χ3n) is 2.40. The Kier molecular flexibility index (Phi) is 6.38. The first-order chi connectivity index (χ1) is 8.22. The van der Waals surface area contributed by atoms with Crippen molar-refractivity contribution in [2.45, 2.75) is 25.6 Å². The first-order valence-corrected chi connectivity index (χ1v) is 6.70. The number of halogens is 2. The van der Waals surface area contributed by atoms with E-state index in [1.807, 2.05) is 12.1 Å². The predicted molar refractivity (Wildman–Crippen MR) is 71.0 cm³/mol. The number of rotatable bonds is 6. The lowest BCUT2D eigenvalue weighted by Gasteiger charge is -2.09. The summed E-state index contributed by atoms with van der Waals surface area (Å²) in [6.07, 6.45) is 1.60. The molecule has 1 aromatic carbocycles. The largest absolute Gasteiger partial charge is 0.462 e. The lowest BCUT2D eigenvalue weighted by atomic mass is 10.0. The number of hydrogen-bond acceptors (Lipinski definition) is 2. The van der Waals surface area contributed by atoms with E-state index >= 15 is 0 Å². The van der Waals surface area contributed by atoms with E-state index in [4.69, 9.17) is 27.9 Å². The summed E-state index contributed by atoms with van der Waals surface area (Å²) in [4.78, 5) is 11.7. The standard InChI is InChI=1S/C13H16Cl2O2/c1-2-17-13(16)12-6-5-10(9-15)8-11(12)4-3-7-14/h5-6,8H,2-4,7,9H2,1H3. The van der Waals surface area contributed by atoms with Gasteiger partial charge in [0.15, 0.2) is 0 Å². The van der Waals surface area contributed by atoms with Crippen LogP contribution in [0.15, 0.2) is 18.2 Å². The van der Waals surface area contributed by atoms with Crippen molar-refractivity contribution < 1.29 is 9.53 Å². The fourth-order valence-corrected chi connectivity index (χ4v) is 1.90. The zero-order valence-electron chi connectivity index (χ0n) is 9.84. The Morgan fingerprint density at radius 1 is 1.35 bits per heavy atom. The second-order valence-corrected chi connectivity index (χ2v) is 4.28. The van der Waals surface area contributed by atoms with Gasteiger partial charge in [0.1, 0.15) is 0 Å². The fraction of sp³-hybridized carbons (Fsp3) is 0.462. The third kappa shape index (κ3) is 4.21. The number of hydrogen-bond donors (Lipinski definition) is 0. The van der Waals surface area contributed by atoms with Crippen LogP contribution in [-0.4, -0.2) is 18.5 Å². The number of alkyl halides is 2. The van der Waals surface area contributed by atoms with E-state index in [0.29, 0.717) is 23.9 Å². The molecule has 0 fully saturated rings. The number of carbonyl (C=O) groups is 1. The Balaban J connectivity index is 2.97. The molecule has 0 saturated heterocycles. The van der Waals surface area contributed by atoms with Crippen LogP contribution >= 0.6 is 23.2 Å². The summed E-state index contributed by atoms with van der Waals surface area (Å²) >= 11 is 11.5. The molecule has 0 aromatic heterocycles. The highest BCUT2D eigenvalue weighted by atomic mass is 35.5. The molecular formula is C13H16Cl2O2. The Labute approximate surface area is 112 Å². The Hall–Kier alpha value is -0.730. The summed E-state index contributed by atoms with van der Waals surface area (Å²) in [6.45, 7) is 2.18. The molecule has 0 radical (unpaired) electrons. The third-order valence-corrected chi connectivity index (χ3v) is 2.97. The van der Waals surface area contributed by atoms with Gasteiger partial charge in [0.25, 0.3) is 0 Å². The molecule has 2 nitrogen and oxygen atoms in total. The van der Waals surface area contributed by atoms with Crippen LogP contribution in [0.3, 0.4) is 0 Å². The second-order valence-electron chi connectivity index (χ2n) is 3.64. The van der Waals surface area contributed by atoms with E-state index < -0.39 is 0 Å². The molecule has 4 heteroatoms. The van der Waals surface area contributed by atoms with Gasteiger partial charge in [-0.3, -0.25) is 0 Å². The van der Waals surface area contributed by atoms with Crippen LogP contribution in [0, 0.1) is 0 Å². The minimum Gasteiger partial charge on any atom is -0.462 e. The number of esters is 1. The molecule has 0 aliphatic carbocycles. The van der Waals surface area contributed by atoms with Crippen molar-refractivity contribution in [3.05, 3.63) is 34.9 Å². The monoisotopic (exact) mass is 274 g/mol. The van der Waals surface area contributed by atoms with E-state index in [1.165, 1.54) is 0 Å². The van der Waals surface area contributed by atoms with Gasteiger partial charge in [-0.15, -0.1) is 23.2 Å². The molecule has 0 heterocycles. The highest BCUT2D eigenvalue weighted by molar-refractivity contribution is 6.17. The van der Waals surface area contributed by atoms with E-state index in [1.54, 1.807) is 13.0 Å². The summed E-state index contributed by atoms with van der Waals surface area (Å²) in [5, 5.41) is 0. The quantitative estimate of drug-likeness (QED) is 0.583. The first kappa shape index (κ1) is 14.3. The summed E-state index contributed by atoms with van der Waals surface area (Å²) in [7, 11) is 0. The van der Waals surface area contributed by atoms with Gasteiger partial charge < -0.3 is 4.74 Å². The van der Waals surface area contributed by atoms with Crippen LogP contribution in [0.1, 0.15) is 34.8 Å². The van der Waals surface area contributed by atoms with E-state index in [0.717, 1.165) is 24.0 Å². The normalized spacial score (nSPS) is 10.3. The van der Waals surface area contributed by atoms with E-state index in [-0.39, 0.29) is 5.97 Å². The first-order valence-electron chi connectivity index (χ1n) is 5.63. The van der Waals surface area contributed by atoms with Gasteiger partial charge >= 0.3 is 5.97 Å². The maximum Gasteiger partial charge on any atom is 0.338 e. The van der Waals surface area contributed by atoms with Crippen molar-refractivity contribution >= 4 is 29.2 Å². The number of ether oxygens (including phenoxy) is 1. The molecule has 1 rings (SSSR count). The highest BCUT2D eigenvalue weighted by Gasteiger charge is 2.12. The molecule has 0 saturated carbocycles. The number of aryl methyl sites for hydroxylation is 1. The average Bonchev–Trinajstić information content (AvgIpc) is 2.36. The number of carbonyl (C=O) groups excluding carboxylic acids is 1. The van der Waals surface area contributed by atoms with Gasteiger partial charge in [-0.25, -0.2) is 4.79 Å². The van der Waals surface area contributed by atoms with Gasteiger partial charge in [0, 0.05) is 11.8 Å². The summed E-state index contributed by atoms with van der Waals surface area (Å²) in [5.74, 6) is 0.739. The molecule has 0 spiro atoms. The molecule has 0 amide bonds. The van der Waals surface area contributed by atoms with Crippen LogP contribution in [0.2, 0.25) is 0 Å². The van der Waals surface area contributed by atoms with Crippen LogP contribution in [-0.2, 0) is 17.0 Å². The highest BCUT2D eigenvalue weighted by Crippen LogP contribution is 2.17. The minimum absolute atomic E-state index is 0.279. The van der Waals surface area contributed by atoms with Gasteiger partial charge in [-0.05, 0) is 37.0 Å². The van der Waals surface area contributed by atoms with Crippen LogP contribution in [0.25, 0.3) is 0 Å². The Bertz CT molecular complexity index is 378. The van der Waals surface area contributed by atoms with Crippen molar-refractivity contribution in [1.82, 2.24) is 0 Å². The van der Waals surface area contributed by atoms with Crippen molar-refractivity contribution in [1.29, 1.82) is 0 Å². The van der Waals surface area contributed by atoms with Crippen LogP contribution in [0.5, 0.6) is 0 Å². The molecule has 0 aliphatic heterocycles. The molecule has 17 heavy (non-hydrogen) atoms. The lowest BCUT2D eigenvalue weighted by molar-refractivity contribution is 0.0525. The Morgan fingerprint density at radius 3 is 2.71 bits per heavy atom. The maximum absolute atomic E-state index is 11.7. The molecule has 0 aliphatic rings. The van der Waals surface area contributed by atoms with Crippen molar-refractivity contribution in [2.24, 2.45) is 0 Å². The van der Waals surface area contributed by atoms with Gasteiger partial charge in [0.05, 0.1) is 12.2 Å². The molecule has 0 N–H and O–H groups in total. The van der Waals surface area contributed by atoms with Crippen molar-refractivity contribution in [3.63, 3.8) is 0 Å². The predicted octanol–water partition coefficient (Wildman–Crippen LogP) is 3.77. The van der Waals surface area contributed by atoms with E-state index in [9.17, 15) is 4.79 Å². The second kappa shape index (κ2) is 7.57. The molecule has 0 bridgehead atoms. The van der Waals surface area contributed by atoms with Gasteiger partial charge in [-0.2, -0.15) is 0 Å². The average molecular weight is 275 g/mol. The summed E-state index contributed by atoms with van der Waals surface area (Å²) in [5.41, 5.74) is 2.58. The van der Waals surface area contributed by atoms with Gasteiger partial charge in [-0.1, -0.05) is 12.1 Å². The SMILES string of the molecule is CCOC(=O)c1ccc(CCl)cc1CCCCl.